The van der Waals surface area contributed by atoms with E-state index in [1.807, 2.05) is 12.1 Å². The van der Waals surface area contributed by atoms with Crippen LogP contribution in [0.3, 0.4) is 0 Å². The molecular formula is C26H28BNO4. The van der Waals surface area contributed by atoms with E-state index in [1.165, 1.54) is 0 Å². The molecule has 5 nitrogen and oxygen atoms in total. The number of fused-ring (bicyclic) bond motifs is 3. The summed E-state index contributed by atoms with van der Waals surface area (Å²) in [5.74, 6) is 1.66. The van der Waals surface area contributed by atoms with E-state index in [0.29, 0.717) is 0 Å². The molecule has 0 N–H and O–H groups in total. The fraction of sp³-hybridized carbons (Fsp3) is 0.308. The van der Waals surface area contributed by atoms with Gasteiger partial charge in [-0.15, -0.1) is 0 Å². The number of nitrogens with zero attached hydrogens (tertiary/aromatic N) is 1. The van der Waals surface area contributed by atoms with Crippen molar-refractivity contribution in [3.8, 4) is 17.2 Å². The molecule has 5 rings (SSSR count). The van der Waals surface area contributed by atoms with Gasteiger partial charge in [-0.3, -0.25) is 0 Å². The first-order valence-electron chi connectivity index (χ1n) is 10.9. The average molecular weight is 429 g/mol. The lowest BCUT2D eigenvalue weighted by Crippen LogP contribution is -2.41. The molecule has 0 spiro atoms. The van der Waals surface area contributed by atoms with Gasteiger partial charge in [-0.2, -0.15) is 0 Å². The molecule has 1 aromatic heterocycles. The Kier molecular flexibility index (Phi) is 4.77. The van der Waals surface area contributed by atoms with Crippen LogP contribution in [0.2, 0.25) is 0 Å². The summed E-state index contributed by atoms with van der Waals surface area (Å²) in [4.78, 5) is 0. The predicted molar refractivity (Wildman–Crippen MR) is 130 cm³/mol. The Morgan fingerprint density at radius 2 is 1.16 bits per heavy atom. The minimum absolute atomic E-state index is 0.360. The maximum absolute atomic E-state index is 6.22. The topological polar surface area (TPSA) is 41.9 Å². The van der Waals surface area contributed by atoms with Gasteiger partial charge >= 0.3 is 7.12 Å². The molecule has 1 aliphatic rings. The summed E-state index contributed by atoms with van der Waals surface area (Å²) in [7, 11) is 3.01. The zero-order valence-electron chi connectivity index (χ0n) is 19.4. The number of rotatable bonds is 4. The summed E-state index contributed by atoms with van der Waals surface area (Å²) in [6, 6.07) is 20.7. The summed E-state index contributed by atoms with van der Waals surface area (Å²) < 4.78 is 25.7. The zero-order chi connectivity index (χ0) is 22.7. The minimum Gasteiger partial charge on any atom is -0.497 e. The maximum Gasteiger partial charge on any atom is 0.494 e. The first kappa shape index (κ1) is 20.9. The molecule has 164 valence electrons. The Hall–Kier alpha value is -2.96. The monoisotopic (exact) mass is 429 g/mol. The van der Waals surface area contributed by atoms with Gasteiger partial charge in [-0.05, 0) is 81.7 Å². The van der Waals surface area contributed by atoms with E-state index >= 15 is 0 Å². The lowest BCUT2D eigenvalue weighted by Gasteiger charge is -2.32. The highest BCUT2D eigenvalue weighted by atomic mass is 16.7. The van der Waals surface area contributed by atoms with Crippen LogP contribution in [0.4, 0.5) is 0 Å². The molecule has 0 aliphatic carbocycles. The van der Waals surface area contributed by atoms with E-state index < -0.39 is 0 Å². The van der Waals surface area contributed by atoms with Crippen LogP contribution in [0.1, 0.15) is 27.7 Å². The van der Waals surface area contributed by atoms with Crippen molar-refractivity contribution in [3.63, 3.8) is 0 Å². The summed E-state index contributed by atoms with van der Waals surface area (Å²) in [5.41, 5.74) is 3.58. The normalized spacial score (nSPS) is 17.2. The van der Waals surface area contributed by atoms with Gasteiger partial charge < -0.3 is 23.3 Å². The van der Waals surface area contributed by atoms with E-state index in [0.717, 1.165) is 44.5 Å². The Balaban J connectivity index is 1.61. The van der Waals surface area contributed by atoms with Crippen LogP contribution < -0.4 is 14.9 Å². The van der Waals surface area contributed by atoms with E-state index in [1.54, 1.807) is 14.2 Å². The molecule has 0 bridgehead atoms. The second-order valence-electron chi connectivity index (χ2n) is 9.28. The average Bonchev–Trinajstić information content (AvgIpc) is 3.22. The van der Waals surface area contributed by atoms with Crippen LogP contribution in [0, 0.1) is 0 Å². The molecule has 0 atom stereocenters. The van der Waals surface area contributed by atoms with Crippen LogP contribution >= 0.6 is 0 Å². The highest BCUT2D eigenvalue weighted by molar-refractivity contribution is 6.62. The van der Waals surface area contributed by atoms with Gasteiger partial charge in [0.25, 0.3) is 0 Å². The third kappa shape index (κ3) is 3.17. The van der Waals surface area contributed by atoms with Crippen LogP contribution in [0.15, 0.2) is 60.7 Å². The second kappa shape index (κ2) is 7.29. The Labute approximate surface area is 189 Å². The van der Waals surface area contributed by atoms with Gasteiger partial charge in [0.05, 0.1) is 36.5 Å². The maximum atomic E-state index is 6.22. The molecule has 1 saturated heterocycles. The van der Waals surface area contributed by atoms with Crippen molar-refractivity contribution >= 4 is 34.4 Å². The third-order valence-electron chi connectivity index (χ3n) is 6.86. The molecular weight excluding hydrogens is 401 g/mol. The fourth-order valence-corrected chi connectivity index (χ4v) is 4.27. The Morgan fingerprint density at radius 3 is 1.59 bits per heavy atom. The standard InChI is InChI=1S/C26H28BNO4/c1-25(2)26(3,4)32-27(31-25)17-7-9-18(10-8-17)28-23-13-11-19(29-5)15-21(23)22-16-20(30-6)12-14-24(22)28/h7-16H,1-6H3. The van der Waals surface area contributed by atoms with Crippen LogP contribution in [0.25, 0.3) is 27.5 Å². The van der Waals surface area contributed by atoms with E-state index in [2.05, 4.69) is 80.8 Å². The van der Waals surface area contributed by atoms with Gasteiger partial charge in [-0.1, -0.05) is 12.1 Å². The van der Waals surface area contributed by atoms with Gasteiger partial charge in [0.15, 0.2) is 0 Å². The third-order valence-corrected chi connectivity index (χ3v) is 6.86. The van der Waals surface area contributed by atoms with Crippen molar-refractivity contribution < 1.29 is 18.8 Å². The quantitative estimate of drug-likeness (QED) is 0.424. The van der Waals surface area contributed by atoms with Crippen LogP contribution in [-0.4, -0.2) is 37.1 Å². The lowest BCUT2D eigenvalue weighted by atomic mass is 9.79. The first-order valence-corrected chi connectivity index (χ1v) is 10.9. The van der Waals surface area contributed by atoms with Crippen molar-refractivity contribution in [2.45, 2.75) is 38.9 Å². The highest BCUT2D eigenvalue weighted by Gasteiger charge is 2.51. The van der Waals surface area contributed by atoms with Gasteiger partial charge in [0.2, 0.25) is 0 Å². The molecule has 0 amide bonds. The van der Waals surface area contributed by atoms with Crippen molar-refractivity contribution in [2.24, 2.45) is 0 Å². The van der Waals surface area contributed by atoms with E-state index in [4.69, 9.17) is 18.8 Å². The van der Waals surface area contributed by atoms with Crippen LogP contribution in [0.5, 0.6) is 11.5 Å². The lowest BCUT2D eigenvalue weighted by molar-refractivity contribution is 0.00578. The second-order valence-corrected chi connectivity index (χ2v) is 9.28. The summed E-state index contributed by atoms with van der Waals surface area (Å²) in [5, 5.41) is 2.24. The van der Waals surface area contributed by atoms with E-state index in [9.17, 15) is 0 Å². The van der Waals surface area contributed by atoms with Crippen molar-refractivity contribution in [1.82, 2.24) is 4.57 Å². The minimum atomic E-state index is -0.374. The van der Waals surface area contributed by atoms with E-state index in [-0.39, 0.29) is 18.3 Å². The number of hydrogen-bond donors (Lipinski definition) is 0. The zero-order valence-corrected chi connectivity index (χ0v) is 19.4. The molecule has 2 heterocycles. The molecule has 6 heteroatoms. The number of benzene rings is 3. The largest absolute Gasteiger partial charge is 0.497 e. The van der Waals surface area contributed by atoms with Crippen molar-refractivity contribution in [1.29, 1.82) is 0 Å². The highest BCUT2D eigenvalue weighted by Crippen LogP contribution is 2.38. The summed E-state index contributed by atoms with van der Waals surface area (Å²) in [6.07, 6.45) is 0. The molecule has 0 radical (unpaired) electrons. The first-order chi connectivity index (χ1) is 15.2. The summed E-state index contributed by atoms with van der Waals surface area (Å²) in [6.45, 7) is 8.29. The molecule has 1 fully saturated rings. The smallest absolute Gasteiger partial charge is 0.494 e. The fourth-order valence-electron chi connectivity index (χ4n) is 4.27. The van der Waals surface area contributed by atoms with Crippen LogP contribution in [-0.2, 0) is 9.31 Å². The molecule has 0 saturated carbocycles. The Morgan fingerprint density at radius 1 is 0.688 bits per heavy atom. The molecule has 4 aromatic rings. The SMILES string of the molecule is COc1ccc2c(c1)c1cc(OC)ccc1n2-c1ccc(B2OC(C)(C)C(C)(C)O2)cc1. The number of aromatic nitrogens is 1. The van der Waals surface area contributed by atoms with Gasteiger partial charge in [-0.25, -0.2) is 0 Å². The number of hydrogen-bond acceptors (Lipinski definition) is 4. The summed E-state index contributed by atoms with van der Waals surface area (Å²) >= 11 is 0. The number of ether oxygens (including phenoxy) is 2. The predicted octanol–water partition coefficient (Wildman–Crippen LogP) is 5.10. The molecule has 32 heavy (non-hydrogen) atoms. The van der Waals surface area contributed by atoms with Crippen molar-refractivity contribution in [2.75, 3.05) is 14.2 Å². The van der Waals surface area contributed by atoms with Crippen molar-refractivity contribution in [3.05, 3.63) is 60.7 Å². The van der Waals surface area contributed by atoms with Gasteiger partial charge in [0, 0.05) is 16.5 Å². The molecule has 0 unspecified atom stereocenters. The molecule has 1 aliphatic heterocycles. The van der Waals surface area contributed by atoms with Gasteiger partial charge in [0.1, 0.15) is 11.5 Å². The number of methoxy groups -OCH3 is 2. The molecule has 3 aromatic carbocycles. The Bertz CT molecular complexity index is 1230.